The van der Waals surface area contributed by atoms with Gasteiger partial charge in [0.1, 0.15) is 0 Å². The van der Waals surface area contributed by atoms with Crippen molar-refractivity contribution in [1.82, 2.24) is 4.98 Å². The van der Waals surface area contributed by atoms with Crippen molar-refractivity contribution in [2.24, 2.45) is 0 Å². The van der Waals surface area contributed by atoms with Crippen LogP contribution >= 0.6 is 15.9 Å². The summed E-state index contributed by atoms with van der Waals surface area (Å²) in [6, 6.07) is 14.1. The molecule has 0 N–H and O–H groups in total. The lowest BCUT2D eigenvalue weighted by atomic mass is 10.1. The van der Waals surface area contributed by atoms with Gasteiger partial charge in [-0.05, 0) is 12.1 Å². The van der Waals surface area contributed by atoms with Crippen LogP contribution in [-0.4, -0.2) is 4.98 Å². The van der Waals surface area contributed by atoms with Gasteiger partial charge in [-0.25, -0.2) is 0 Å². The second kappa shape index (κ2) is 3.71. The second-order valence-electron chi connectivity index (χ2n) is 2.73. The first kappa shape index (κ1) is 8.45. The van der Waals surface area contributed by atoms with E-state index >= 15 is 0 Å². The Labute approximate surface area is 85.6 Å². The fourth-order valence-corrected chi connectivity index (χ4v) is 1.51. The number of hydrogen-bond donors (Lipinski definition) is 0. The van der Waals surface area contributed by atoms with Crippen molar-refractivity contribution >= 4 is 15.9 Å². The number of hydrogen-bond acceptors (Lipinski definition) is 1. The molecule has 2 rings (SSSR count). The van der Waals surface area contributed by atoms with Gasteiger partial charge in [0.25, 0.3) is 0 Å². The fraction of sp³-hybridized carbons (Fsp3) is 0. The summed E-state index contributed by atoms with van der Waals surface area (Å²) in [5.74, 6) is 0. The molecule has 0 saturated heterocycles. The van der Waals surface area contributed by atoms with Crippen LogP contribution in [0.2, 0.25) is 0 Å². The molecule has 0 aliphatic carbocycles. The average Bonchev–Trinajstić information content (AvgIpc) is 2.19. The van der Waals surface area contributed by atoms with E-state index < -0.39 is 0 Å². The summed E-state index contributed by atoms with van der Waals surface area (Å²) in [5, 5.41) is 0. The van der Waals surface area contributed by atoms with E-state index in [0.29, 0.717) is 0 Å². The van der Waals surface area contributed by atoms with E-state index in [0.717, 1.165) is 15.7 Å². The number of rotatable bonds is 1. The summed E-state index contributed by atoms with van der Waals surface area (Å²) in [5.41, 5.74) is 2.14. The third-order valence-corrected chi connectivity index (χ3v) is 2.28. The molecule has 0 fully saturated rings. The zero-order chi connectivity index (χ0) is 9.10. The third kappa shape index (κ3) is 1.95. The molecule has 0 aliphatic rings. The van der Waals surface area contributed by atoms with Gasteiger partial charge in [-0.3, -0.25) is 4.98 Å². The van der Waals surface area contributed by atoms with Crippen molar-refractivity contribution in [2.45, 2.75) is 0 Å². The molecule has 0 saturated carbocycles. The Balaban J connectivity index is 2.48. The lowest BCUT2D eigenvalue weighted by Crippen LogP contribution is -1.81. The zero-order valence-corrected chi connectivity index (χ0v) is 8.53. The normalized spacial score (nSPS) is 9.92. The number of aromatic nitrogens is 1. The highest BCUT2D eigenvalue weighted by Gasteiger charge is 1.97. The van der Waals surface area contributed by atoms with Gasteiger partial charge in [-0.1, -0.05) is 46.3 Å². The number of pyridine rings is 1. The molecule has 0 radical (unpaired) electrons. The van der Waals surface area contributed by atoms with Crippen LogP contribution in [0.5, 0.6) is 0 Å². The Hall–Kier alpha value is -1.15. The Kier molecular flexibility index (Phi) is 2.41. The molecule has 0 spiro atoms. The van der Waals surface area contributed by atoms with Crippen molar-refractivity contribution in [3.05, 3.63) is 53.1 Å². The minimum absolute atomic E-state index is 0.995. The first-order chi connectivity index (χ1) is 6.36. The molecule has 2 aromatic rings. The highest BCUT2D eigenvalue weighted by molar-refractivity contribution is 9.10. The van der Waals surface area contributed by atoms with Crippen molar-refractivity contribution < 1.29 is 0 Å². The minimum Gasteiger partial charge on any atom is -0.256 e. The Morgan fingerprint density at radius 3 is 2.46 bits per heavy atom. The molecule has 0 unspecified atom stereocenters. The number of nitrogens with zero attached hydrogens (tertiary/aromatic N) is 1. The smallest absolute Gasteiger partial charge is 0.0713 e. The predicted octanol–water partition coefficient (Wildman–Crippen LogP) is 3.51. The van der Waals surface area contributed by atoms with Gasteiger partial charge < -0.3 is 0 Å². The number of halogens is 1. The zero-order valence-electron chi connectivity index (χ0n) is 6.94. The summed E-state index contributed by atoms with van der Waals surface area (Å²) >= 11 is 3.42. The molecule has 2 heteroatoms. The standard InChI is InChI=1S/C11H8BrN/c12-10-6-7-13-11(8-10)9-4-2-1-3-5-9/h1-8H. The molecule has 1 aromatic carbocycles. The summed E-state index contributed by atoms with van der Waals surface area (Å²) in [6.45, 7) is 0. The van der Waals surface area contributed by atoms with E-state index in [1.807, 2.05) is 30.3 Å². The summed E-state index contributed by atoms with van der Waals surface area (Å²) in [4.78, 5) is 4.28. The van der Waals surface area contributed by atoms with Crippen LogP contribution in [0, 0.1) is 0 Å². The minimum atomic E-state index is 0.995. The molecule has 0 aliphatic heterocycles. The second-order valence-corrected chi connectivity index (χ2v) is 3.64. The van der Waals surface area contributed by atoms with Gasteiger partial charge in [0, 0.05) is 16.2 Å². The van der Waals surface area contributed by atoms with Crippen LogP contribution in [0.25, 0.3) is 11.3 Å². The monoisotopic (exact) mass is 233 g/mol. The Morgan fingerprint density at radius 2 is 1.77 bits per heavy atom. The molecule has 1 aromatic heterocycles. The van der Waals surface area contributed by atoms with Gasteiger partial charge in [-0.2, -0.15) is 0 Å². The first-order valence-corrected chi connectivity index (χ1v) is 4.82. The highest BCUT2D eigenvalue weighted by atomic mass is 79.9. The molecule has 0 atom stereocenters. The van der Waals surface area contributed by atoms with E-state index in [9.17, 15) is 0 Å². The van der Waals surface area contributed by atoms with E-state index in [4.69, 9.17) is 0 Å². The molecule has 64 valence electrons. The van der Waals surface area contributed by atoms with Gasteiger partial charge >= 0.3 is 0 Å². The molecule has 1 heterocycles. The number of benzene rings is 1. The van der Waals surface area contributed by atoms with Gasteiger partial charge in [-0.15, -0.1) is 0 Å². The molecular weight excluding hydrogens is 226 g/mol. The summed E-state index contributed by atoms with van der Waals surface area (Å²) in [7, 11) is 0. The van der Waals surface area contributed by atoms with Crippen LogP contribution < -0.4 is 0 Å². The van der Waals surface area contributed by atoms with Crippen LogP contribution in [0.15, 0.2) is 53.1 Å². The maximum Gasteiger partial charge on any atom is 0.0713 e. The largest absolute Gasteiger partial charge is 0.256 e. The van der Waals surface area contributed by atoms with E-state index in [-0.39, 0.29) is 0 Å². The van der Waals surface area contributed by atoms with Gasteiger partial charge in [0.05, 0.1) is 5.69 Å². The molecule has 13 heavy (non-hydrogen) atoms. The van der Waals surface area contributed by atoms with Gasteiger partial charge in [0.15, 0.2) is 0 Å². The van der Waals surface area contributed by atoms with Crippen molar-refractivity contribution in [1.29, 1.82) is 0 Å². The van der Waals surface area contributed by atoms with E-state index in [2.05, 4.69) is 33.0 Å². The van der Waals surface area contributed by atoms with Crippen molar-refractivity contribution in [3.8, 4) is 11.3 Å². The summed E-state index contributed by atoms with van der Waals surface area (Å²) in [6.07, 6.45) is 1.80. The molecular formula is C11H8BrN. The third-order valence-electron chi connectivity index (χ3n) is 1.79. The maximum atomic E-state index is 4.28. The van der Waals surface area contributed by atoms with Crippen molar-refractivity contribution in [2.75, 3.05) is 0 Å². The lowest BCUT2D eigenvalue weighted by molar-refractivity contribution is 1.31. The van der Waals surface area contributed by atoms with Crippen LogP contribution in [0.3, 0.4) is 0 Å². The predicted molar refractivity (Wildman–Crippen MR) is 57.4 cm³/mol. The Morgan fingerprint density at radius 1 is 1.00 bits per heavy atom. The van der Waals surface area contributed by atoms with Crippen LogP contribution in [0.4, 0.5) is 0 Å². The Bertz CT molecular complexity index is 398. The summed E-state index contributed by atoms with van der Waals surface area (Å²) < 4.78 is 1.06. The first-order valence-electron chi connectivity index (χ1n) is 4.03. The van der Waals surface area contributed by atoms with Crippen molar-refractivity contribution in [3.63, 3.8) is 0 Å². The SMILES string of the molecule is Brc1ccnc(-c2ccccc2)c1. The fourth-order valence-electron chi connectivity index (χ4n) is 1.17. The topological polar surface area (TPSA) is 12.9 Å². The molecule has 0 amide bonds. The quantitative estimate of drug-likeness (QED) is 0.735. The average molecular weight is 234 g/mol. The van der Waals surface area contributed by atoms with Crippen LogP contribution in [0.1, 0.15) is 0 Å². The van der Waals surface area contributed by atoms with E-state index in [1.54, 1.807) is 6.20 Å². The van der Waals surface area contributed by atoms with E-state index in [1.165, 1.54) is 0 Å². The molecule has 1 nitrogen and oxygen atoms in total. The molecule has 0 bridgehead atoms. The lowest BCUT2D eigenvalue weighted by Gasteiger charge is -1.99. The highest BCUT2D eigenvalue weighted by Crippen LogP contribution is 2.19. The van der Waals surface area contributed by atoms with Crippen LogP contribution in [-0.2, 0) is 0 Å². The van der Waals surface area contributed by atoms with Gasteiger partial charge in [0.2, 0.25) is 0 Å². The maximum absolute atomic E-state index is 4.28.